The quantitative estimate of drug-likeness (QED) is 0.879. The van der Waals surface area contributed by atoms with Crippen molar-refractivity contribution in [2.45, 2.75) is 19.4 Å². The molecule has 1 saturated heterocycles. The van der Waals surface area contributed by atoms with Crippen LogP contribution in [0.25, 0.3) is 0 Å². The van der Waals surface area contributed by atoms with Crippen LogP contribution in [-0.4, -0.2) is 50.2 Å². The molecule has 2 rings (SSSR count). The van der Waals surface area contributed by atoms with Crippen LogP contribution in [0.2, 0.25) is 5.02 Å². The van der Waals surface area contributed by atoms with Crippen LogP contribution in [0.4, 0.5) is 10.5 Å². The Morgan fingerprint density at radius 2 is 1.96 bits per heavy atom. The van der Waals surface area contributed by atoms with Crippen molar-refractivity contribution in [3.8, 4) is 11.5 Å². The molecule has 1 aromatic carbocycles. The number of nitrogens with zero attached hydrogens (tertiary/aromatic N) is 1. The molecule has 3 amide bonds. The van der Waals surface area contributed by atoms with Crippen LogP contribution >= 0.6 is 11.6 Å². The first-order valence-electron chi connectivity index (χ1n) is 7.19. The van der Waals surface area contributed by atoms with Gasteiger partial charge in [0.05, 0.1) is 24.9 Å². The van der Waals surface area contributed by atoms with Crippen molar-refractivity contribution in [1.29, 1.82) is 0 Å². The van der Waals surface area contributed by atoms with Crippen LogP contribution in [0.15, 0.2) is 12.1 Å². The summed E-state index contributed by atoms with van der Waals surface area (Å²) in [6.45, 7) is 2.51. The molecule has 1 aromatic rings. The second-order valence-corrected chi connectivity index (χ2v) is 5.66. The predicted molar refractivity (Wildman–Crippen MR) is 87.4 cm³/mol. The normalized spacial score (nSPS) is 16.9. The van der Waals surface area contributed by atoms with Gasteiger partial charge in [-0.2, -0.15) is 0 Å². The molecule has 0 saturated carbocycles. The number of ether oxygens (including phenoxy) is 2. The zero-order valence-electron chi connectivity index (χ0n) is 13.3. The molecule has 8 heteroatoms. The summed E-state index contributed by atoms with van der Waals surface area (Å²) in [4.78, 5) is 25.1. The number of rotatable bonds is 4. The van der Waals surface area contributed by atoms with Crippen LogP contribution < -0.4 is 20.1 Å². The Morgan fingerprint density at radius 3 is 2.57 bits per heavy atom. The third kappa shape index (κ3) is 4.19. The average molecular weight is 342 g/mol. The van der Waals surface area contributed by atoms with E-state index < -0.39 is 0 Å². The van der Waals surface area contributed by atoms with Crippen LogP contribution in [0.3, 0.4) is 0 Å². The molecule has 126 valence electrons. The lowest BCUT2D eigenvalue weighted by Gasteiger charge is -2.19. The van der Waals surface area contributed by atoms with Gasteiger partial charge in [0.2, 0.25) is 5.91 Å². The lowest BCUT2D eigenvalue weighted by atomic mass is 10.2. The van der Waals surface area contributed by atoms with Gasteiger partial charge in [0, 0.05) is 32.1 Å². The Hall–Kier alpha value is -2.15. The van der Waals surface area contributed by atoms with Crippen LogP contribution in [0.1, 0.15) is 13.3 Å². The molecule has 1 aliphatic rings. The molecule has 0 spiro atoms. The summed E-state index contributed by atoms with van der Waals surface area (Å²) in [7, 11) is 3.01. The summed E-state index contributed by atoms with van der Waals surface area (Å²) in [5.41, 5.74) is 0.464. The molecule has 1 unspecified atom stereocenters. The topological polar surface area (TPSA) is 79.9 Å². The number of hydrogen-bond acceptors (Lipinski definition) is 4. The highest BCUT2D eigenvalue weighted by molar-refractivity contribution is 6.32. The number of anilines is 1. The molecule has 0 aromatic heterocycles. The number of amides is 3. The van der Waals surface area contributed by atoms with Gasteiger partial charge in [-0.05, 0) is 12.5 Å². The molecular weight excluding hydrogens is 322 g/mol. The number of halogens is 1. The lowest BCUT2D eigenvalue weighted by molar-refractivity contribution is -0.119. The first-order chi connectivity index (χ1) is 10.9. The monoisotopic (exact) mass is 341 g/mol. The lowest BCUT2D eigenvalue weighted by Crippen LogP contribution is -2.38. The van der Waals surface area contributed by atoms with E-state index in [1.165, 1.54) is 21.1 Å². The van der Waals surface area contributed by atoms with Crippen LogP contribution in [-0.2, 0) is 4.79 Å². The van der Waals surface area contributed by atoms with Crippen LogP contribution in [0, 0.1) is 0 Å². The summed E-state index contributed by atoms with van der Waals surface area (Å²) in [5.74, 6) is 0.825. The maximum absolute atomic E-state index is 12.4. The maximum atomic E-state index is 12.4. The molecule has 0 aliphatic carbocycles. The Bertz CT molecular complexity index is 609. The minimum absolute atomic E-state index is 0.0143. The van der Waals surface area contributed by atoms with E-state index in [1.54, 1.807) is 17.0 Å². The van der Waals surface area contributed by atoms with Crippen LogP contribution in [0.5, 0.6) is 11.5 Å². The molecule has 23 heavy (non-hydrogen) atoms. The predicted octanol–water partition coefficient (Wildman–Crippen LogP) is 2.10. The van der Waals surface area contributed by atoms with Gasteiger partial charge < -0.3 is 25.0 Å². The molecule has 0 bridgehead atoms. The van der Waals surface area contributed by atoms with Gasteiger partial charge in [-0.15, -0.1) is 0 Å². The third-order valence-electron chi connectivity index (χ3n) is 3.60. The standard InChI is InChI=1S/C15H20ClN3O4/c1-9(20)17-10-4-5-19(8-10)15(21)18-12-6-11(16)13(22-2)7-14(12)23-3/h6-7,10H,4-5,8H2,1-3H3,(H,17,20)(H,18,21). The summed E-state index contributed by atoms with van der Waals surface area (Å²) in [5, 5.41) is 5.97. The number of benzene rings is 1. The highest BCUT2D eigenvalue weighted by atomic mass is 35.5. The number of urea groups is 1. The fourth-order valence-electron chi connectivity index (χ4n) is 2.50. The van der Waals surface area contributed by atoms with E-state index in [1.807, 2.05) is 0 Å². The van der Waals surface area contributed by atoms with E-state index >= 15 is 0 Å². The van der Waals surface area contributed by atoms with Gasteiger partial charge in [0.25, 0.3) is 0 Å². The second-order valence-electron chi connectivity index (χ2n) is 5.25. The van der Waals surface area contributed by atoms with E-state index in [4.69, 9.17) is 21.1 Å². The van der Waals surface area contributed by atoms with Crippen molar-refractivity contribution in [2.75, 3.05) is 32.6 Å². The summed E-state index contributed by atoms with van der Waals surface area (Å²) >= 11 is 6.09. The number of likely N-dealkylation sites (tertiary alicyclic amines) is 1. The third-order valence-corrected chi connectivity index (χ3v) is 3.89. The first kappa shape index (κ1) is 17.2. The molecule has 0 radical (unpaired) electrons. The van der Waals surface area contributed by atoms with E-state index in [2.05, 4.69) is 10.6 Å². The zero-order valence-corrected chi connectivity index (χ0v) is 14.1. The minimum atomic E-state index is -0.266. The van der Waals surface area contributed by atoms with Gasteiger partial charge in [-0.3, -0.25) is 4.79 Å². The van der Waals surface area contributed by atoms with Crippen molar-refractivity contribution in [2.24, 2.45) is 0 Å². The Kier molecular flexibility index (Phi) is 5.54. The fraction of sp³-hybridized carbons (Fsp3) is 0.467. The second kappa shape index (κ2) is 7.41. The smallest absolute Gasteiger partial charge is 0.322 e. The molecule has 1 fully saturated rings. The van der Waals surface area contributed by atoms with Gasteiger partial charge in [0.15, 0.2) is 0 Å². The van der Waals surface area contributed by atoms with Gasteiger partial charge in [-0.25, -0.2) is 4.79 Å². The number of hydrogen-bond donors (Lipinski definition) is 2. The largest absolute Gasteiger partial charge is 0.495 e. The first-order valence-corrected chi connectivity index (χ1v) is 7.57. The zero-order chi connectivity index (χ0) is 17.0. The summed E-state index contributed by atoms with van der Waals surface area (Å²) in [6.07, 6.45) is 0.730. The summed E-state index contributed by atoms with van der Waals surface area (Å²) < 4.78 is 10.4. The van der Waals surface area contributed by atoms with Crippen molar-refractivity contribution in [1.82, 2.24) is 10.2 Å². The number of nitrogens with one attached hydrogen (secondary N) is 2. The Labute approximate surface area is 139 Å². The Morgan fingerprint density at radius 1 is 1.26 bits per heavy atom. The molecule has 7 nitrogen and oxygen atoms in total. The van der Waals surface area contributed by atoms with E-state index in [9.17, 15) is 9.59 Å². The Balaban J connectivity index is 2.06. The molecule has 1 atom stereocenters. The maximum Gasteiger partial charge on any atom is 0.322 e. The minimum Gasteiger partial charge on any atom is -0.495 e. The van der Waals surface area contributed by atoms with Crippen molar-refractivity contribution in [3.63, 3.8) is 0 Å². The van der Waals surface area contributed by atoms with E-state index in [0.717, 1.165) is 6.42 Å². The molecule has 1 aliphatic heterocycles. The van der Waals surface area contributed by atoms with Gasteiger partial charge in [-0.1, -0.05) is 11.6 Å². The SMILES string of the molecule is COc1cc(OC)c(NC(=O)N2CCC(NC(C)=O)C2)cc1Cl. The number of carbonyl (C=O) groups excluding carboxylic acids is 2. The van der Waals surface area contributed by atoms with Crippen molar-refractivity contribution in [3.05, 3.63) is 17.2 Å². The van der Waals surface area contributed by atoms with E-state index in [-0.39, 0.29) is 18.0 Å². The number of carbonyl (C=O) groups is 2. The molecule has 1 heterocycles. The van der Waals surface area contributed by atoms with Gasteiger partial charge in [0.1, 0.15) is 11.5 Å². The fourth-order valence-corrected chi connectivity index (χ4v) is 2.74. The van der Waals surface area contributed by atoms with Crippen molar-refractivity contribution < 1.29 is 19.1 Å². The summed E-state index contributed by atoms with van der Waals surface area (Å²) in [6, 6.07) is 2.91. The average Bonchev–Trinajstić information content (AvgIpc) is 2.95. The number of methoxy groups -OCH3 is 2. The van der Waals surface area contributed by atoms with Crippen molar-refractivity contribution >= 4 is 29.2 Å². The molecular formula is C15H20ClN3O4. The van der Waals surface area contributed by atoms with Gasteiger partial charge >= 0.3 is 6.03 Å². The van der Waals surface area contributed by atoms with E-state index in [0.29, 0.717) is 35.3 Å². The highest BCUT2D eigenvalue weighted by Crippen LogP contribution is 2.36. The molecule has 2 N–H and O–H groups in total. The highest BCUT2D eigenvalue weighted by Gasteiger charge is 2.27.